The minimum Gasteiger partial charge on any atom is -0.324 e. The second kappa shape index (κ2) is 7.22. The molecule has 1 aliphatic rings. The van der Waals surface area contributed by atoms with E-state index in [9.17, 15) is 9.59 Å². The van der Waals surface area contributed by atoms with Crippen LogP contribution in [0.3, 0.4) is 0 Å². The lowest BCUT2D eigenvalue weighted by Gasteiger charge is -2.31. The molecule has 4 rings (SSSR count). The molecule has 1 aromatic carbocycles. The molecule has 0 atom stereocenters. The maximum atomic E-state index is 12.7. The van der Waals surface area contributed by atoms with Gasteiger partial charge in [0, 0.05) is 30.4 Å². The highest BCUT2D eigenvalue weighted by atomic mass is 16.5. The van der Waals surface area contributed by atoms with E-state index in [1.807, 2.05) is 36.2 Å². The summed E-state index contributed by atoms with van der Waals surface area (Å²) < 4.78 is 6.05. The Morgan fingerprint density at radius 1 is 1.19 bits per heavy atom. The Hall–Kier alpha value is -3.16. The zero-order valence-electron chi connectivity index (χ0n) is 15.1. The van der Waals surface area contributed by atoms with Gasteiger partial charge >= 0.3 is 11.8 Å². The topological polar surface area (TPSA) is 97.0 Å². The first kappa shape index (κ1) is 17.3. The van der Waals surface area contributed by atoms with Crippen molar-refractivity contribution >= 4 is 6.03 Å². The van der Waals surface area contributed by atoms with Crippen LogP contribution in [0.2, 0.25) is 0 Å². The third-order valence-corrected chi connectivity index (χ3v) is 5.12. The number of amides is 1. The Labute approximate surface area is 155 Å². The smallest absolute Gasteiger partial charge is 0.324 e. The quantitative estimate of drug-likeness (QED) is 0.767. The third-order valence-electron chi connectivity index (χ3n) is 5.12. The molecular weight excluding hydrogens is 346 g/mol. The minimum atomic E-state index is -0.589. The number of carbonyl (C=O) groups excluding carboxylic acids is 1. The SMILES string of the molecule is CN(C(=O)n1cnc(-c2ccc(-c3noc(=O)[nH]3)cc2)c1)C1CCCCC1. The maximum Gasteiger partial charge on any atom is 0.439 e. The molecule has 0 radical (unpaired) electrons. The van der Waals surface area contributed by atoms with Gasteiger partial charge < -0.3 is 4.90 Å². The van der Waals surface area contributed by atoms with Crippen molar-refractivity contribution in [2.24, 2.45) is 0 Å². The lowest BCUT2D eigenvalue weighted by atomic mass is 9.95. The Bertz CT molecular complexity index is 979. The number of benzene rings is 1. The highest BCUT2D eigenvalue weighted by molar-refractivity contribution is 5.78. The van der Waals surface area contributed by atoms with Crippen molar-refractivity contribution in [3.05, 3.63) is 47.3 Å². The summed E-state index contributed by atoms with van der Waals surface area (Å²) in [5.74, 6) is -0.213. The number of rotatable bonds is 3. The van der Waals surface area contributed by atoms with Crippen LogP contribution in [-0.4, -0.2) is 43.7 Å². The fourth-order valence-corrected chi connectivity index (χ4v) is 3.54. The lowest BCUT2D eigenvalue weighted by molar-refractivity contribution is 0.175. The molecule has 140 valence electrons. The molecule has 0 saturated heterocycles. The average Bonchev–Trinajstić information content (AvgIpc) is 3.37. The van der Waals surface area contributed by atoms with Gasteiger partial charge in [-0.2, -0.15) is 0 Å². The predicted octanol–water partition coefficient (Wildman–Crippen LogP) is 3.13. The molecule has 2 heterocycles. The first-order chi connectivity index (χ1) is 13.1. The molecule has 1 aliphatic carbocycles. The van der Waals surface area contributed by atoms with E-state index in [1.165, 1.54) is 23.8 Å². The number of nitrogens with one attached hydrogen (secondary N) is 1. The van der Waals surface area contributed by atoms with Gasteiger partial charge in [-0.3, -0.25) is 14.1 Å². The molecule has 0 bridgehead atoms. The molecule has 0 unspecified atom stereocenters. The van der Waals surface area contributed by atoms with Crippen LogP contribution in [0.1, 0.15) is 32.1 Å². The van der Waals surface area contributed by atoms with E-state index in [1.54, 1.807) is 12.5 Å². The Kier molecular flexibility index (Phi) is 4.62. The van der Waals surface area contributed by atoms with Crippen LogP contribution >= 0.6 is 0 Å². The van der Waals surface area contributed by atoms with Crippen molar-refractivity contribution in [3.63, 3.8) is 0 Å². The molecule has 2 aromatic heterocycles. The predicted molar refractivity (Wildman–Crippen MR) is 99.2 cm³/mol. The summed E-state index contributed by atoms with van der Waals surface area (Å²) in [6.45, 7) is 0. The molecular formula is C19H21N5O3. The van der Waals surface area contributed by atoms with E-state index in [-0.39, 0.29) is 6.03 Å². The van der Waals surface area contributed by atoms with Crippen LogP contribution in [-0.2, 0) is 0 Å². The summed E-state index contributed by atoms with van der Waals surface area (Å²) in [5, 5.41) is 3.67. The largest absolute Gasteiger partial charge is 0.439 e. The zero-order chi connectivity index (χ0) is 18.8. The van der Waals surface area contributed by atoms with Gasteiger partial charge in [-0.1, -0.05) is 48.7 Å². The molecule has 8 heteroatoms. The van der Waals surface area contributed by atoms with Crippen molar-refractivity contribution in [3.8, 4) is 22.6 Å². The van der Waals surface area contributed by atoms with Gasteiger partial charge in [0.25, 0.3) is 0 Å². The van der Waals surface area contributed by atoms with Crippen LogP contribution in [0.5, 0.6) is 0 Å². The third kappa shape index (κ3) is 3.55. The van der Waals surface area contributed by atoms with Crippen molar-refractivity contribution in [1.29, 1.82) is 0 Å². The van der Waals surface area contributed by atoms with E-state index < -0.39 is 5.76 Å². The van der Waals surface area contributed by atoms with E-state index in [2.05, 4.69) is 19.6 Å². The van der Waals surface area contributed by atoms with Gasteiger partial charge in [-0.25, -0.2) is 14.6 Å². The number of nitrogens with zero attached hydrogens (tertiary/aromatic N) is 4. The van der Waals surface area contributed by atoms with E-state index in [0.717, 1.165) is 24.0 Å². The minimum absolute atomic E-state index is 0.0579. The number of imidazole rings is 1. The normalized spacial score (nSPS) is 15.0. The molecule has 27 heavy (non-hydrogen) atoms. The van der Waals surface area contributed by atoms with Gasteiger partial charge in [0.2, 0.25) is 0 Å². The first-order valence-electron chi connectivity index (χ1n) is 9.10. The average molecular weight is 367 g/mol. The molecule has 1 fully saturated rings. The van der Waals surface area contributed by atoms with Crippen LogP contribution in [0.15, 0.2) is 46.1 Å². The van der Waals surface area contributed by atoms with E-state index >= 15 is 0 Å². The van der Waals surface area contributed by atoms with Gasteiger partial charge in [0.15, 0.2) is 5.82 Å². The molecule has 1 saturated carbocycles. The molecule has 1 N–H and O–H groups in total. The van der Waals surface area contributed by atoms with Crippen molar-refractivity contribution < 1.29 is 9.32 Å². The Morgan fingerprint density at radius 2 is 1.89 bits per heavy atom. The summed E-state index contributed by atoms with van der Waals surface area (Å²) in [5.41, 5.74) is 2.31. The molecule has 3 aromatic rings. The molecule has 1 amide bonds. The number of aromatic amines is 1. The Balaban J connectivity index is 1.50. The van der Waals surface area contributed by atoms with Crippen LogP contribution in [0.4, 0.5) is 4.79 Å². The van der Waals surface area contributed by atoms with Crippen LogP contribution < -0.4 is 5.76 Å². The standard InChI is InChI=1S/C19H21N5O3/c1-23(15-5-3-2-4-6-15)19(26)24-11-16(20-12-24)13-7-9-14(10-8-13)17-21-18(25)27-22-17/h7-12,15H,2-6H2,1H3,(H,21,22,25). The van der Waals surface area contributed by atoms with Gasteiger partial charge in [-0.05, 0) is 12.8 Å². The van der Waals surface area contributed by atoms with Crippen molar-refractivity contribution in [2.45, 2.75) is 38.1 Å². The number of H-pyrrole nitrogens is 1. The second-order valence-electron chi connectivity index (χ2n) is 6.87. The Morgan fingerprint density at radius 3 is 2.56 bits per heavy atom. The summed E-state index contributed by atoms with van der Waals surface area (Å²) >= 11 is 0. The number of aromatic nitrogens is 4. The summed E-state index contributed by atoms with van der Waals surface area (Å²) in [7, 11) is 1.87. The maximum absolute atomic E-state index is 12.7. The zero-order valence-corrected chi connectivity index (χ0v) is 15.1. The highest BCUT2D eigenvalue weighted by Gasteiger charge is 2.23. The molecule has 0 spiro atoms. The fraction of sp³-hybridized carbons (Fsp3) is 0.368. The van der Waals surface area contributed by atoms with Crippen LogP contribution in [0.25, 0.3) is 22.6 Å². The highest BCUT2D eigenvalue weighted by Crippen LogP contribution is 2.24. The summed E-state index contributed by atoms with van der Waals surface area (Å²) in [4.78, 5) is 32.5. The van der Waals surface area contributed by atoms with Crippen LogP contribution in [0, 0.1) is 0 Å². The number of hydrogen-bond donors (Lipinski definition) is 1. The summed E-state index contributed by atoms with van der Waals surface area (Å²) in [6, 6.07) is 7.61. The van der Waals surface area contributed by atoms with E-state index in [0.29, 0.717) is 17.6 Å². The van der Waals surface area contributed by atoms with Crippen molar-refractivity contribution in [2.75, 3.05) is 7.05 Å². The van der Waals surface area contributed by atoms with Gasteiger partial charge in [0.05, 0.1) is 5.69 Å². The van der Waals surface area contributed by atoms with Gasteiger partial charge in [0.1, 0.15) is 6.33 Å². The van der Waals surface area contributed by atoms with E-state index in [4.69, 9.17) is 0 Å². The molecule has 8 nitrogen and oxygen atoms in total. The number of hydrogen-bond acceptors (Lipinski definition) is 5. The monoisotopic (exact) mass is 367 g/mol. The second-order valence-corrected chi connectivity index (χ2v) is 6.87. The summed E-state index contributed by atoms with van der Waals surface area (Å²) in [6.07, 6.45) is 9.05. The fourth-order valence-electron chi connectivity index (χ4n) is 3.54. The lowest BCUT2D eigenvalue weighted by Crippen LogP contribution is -2.40. The van der Waals surface area contributed by atoms with Gasteiger partial charge in [-0.15, -0.1) is 0 Å². The van der Waals surface area contributed by atoms with Crippen molar-refractivity contribution in [1.82, 2.24) is 24.6 Å². The number of carbonyl (C=O) groups is 1. The molecule has 0 aliphatic heterocycles. The first-order valence-corrected chi connectivity index (χ1v) is 9.10.